The molecule has 2 aromatic carbocycles. The Bertz CT molecular complexity index is 1220. The number of halogens is 2. The van der Waals surface area contributed by atoms with E-state index in [1.165, 1.54) is 25.1 Å². The molecule has 158 valence electrons. The number of rotatable bonds is 6. The first-order valence-corrected chi connectivity index (χ1v) is 9.40. The summed E-state index contributed by atoms with van der Waals surface area (Å²) in [5, 5.41) is 7.74. The van der Waals surface area contributed by atoms with E-state index in [1.807, 2.05) is 0 Å². The number of nitrogens with zero attached hydrogens (tertiary/aromatic N) is 3. The number of benzene rings is 2. The highest BCUT2D eigenvalue weighted by molar-refractivity contribution is 6.33. The molecule has 4 aromatic rings. The molecule has 2 aromatic heterocycles. The summed E-state index contributed by atoms with van der Waals surface area (Å²) in [4.78, 5) is 16.9. The Labute approximate surface area is 180 Å². The molecule has 4 rings (SSSR count). The summed E-state index contributed by atoms with van der Waals surface area (Å²) in [6, 6.07) is 11.2. The van der Waals surface area contributed by atoms with Crippen LogP contribution in [0.5, 0.6) is 5.75 Å². The van der Waals surface area contributed by atoms with Gasteiger partial charge in [-0.1, -0.05) is 28.0 Å². The first-order valence-electron chi connectivity index (χ1n) is 9.02. The number of carbonyl (C=O) groups is 1. The molecule has 0 aliphatic carbocycles. The molecule has 0 atom stereocenters. The van der Waals surface area contributed by atoms with E-state index in [9.17, 15) is 9.18 Å². The van der Waals surface area contributed by atoms with E-state index >= 15 is 0 Å². The van der Waals surface area contributed by atoms with E-state index in [-0.39, 0.29) is 40.1 Å². The van der Waals surface area contributed by atoms with Crippen LogP contribution in [0.1, 0.15) is 22.0 Å². The van der Waals surface area contributed by atoms with Crippen LogP contribution in [-0.2, 0) is 11.3 Å². The van der Waals surface area contributed by atoms with Crippen LogP contribution in [0.4, 0.5) is 4.39 Å². The van der Waals surface area contributed by atoms with Crippen LogP contribution in [0.2, 0.25) is 5.02 Å². The van der Waals surface area contributed by atoms with Gasteiger partial charge in [-0.3, -0.25) is 0 Å². The number of methoxy groups -OCH3 is 1. The van der Waals surface area contributed by atoms with Crippen LogP contribution >= 0.6 is 11.6 Å². The van der Waals surface area contributed by atoms with E-state index in [4.69, 9.17) is 30.1 Å². The fraction of sp³-hybridized carbons (Fsp3) is 0.143. The zero-order chi connectivity index (χ0) is 22.0. The Morgan fingerprint density at radius 3 is 2.61 bits per heavy atom. The summed E-state index contributed by atoms with van der Waals surface area (Å²) in [5.41, 5.74) is 0.568. The third kappa shape index (κ3) is 4.13. The summed E-state index contributed by atoms with van der Waals surface area (Å²) >= 11 is 6.09. The zero-order valence-corrected chi connectivity index (χ0v) is 17.1. The molecular weight excluding hydrogens is 429 g/mol. The Hall–Kier alpha value is -3.72. The Balaban J connectivity index is 1.51. The van der Waals surface area contributed by atoms with Gasteiger partial charge < -0.3 is 18.5 Å². The minimum absolute atomic E-state index is 0.0399. The highest BCUT2D eigenvalue weighted by Crippen LogP contribution is 2.33. The minimum atomic E-state index is -0.794. The molecular formula is C21H15ClFN3O5. The highest BCUT2D eigenvalue weighted by Gasteiger charge is 2.27. The second kappa shape index (κ2) is 8.57. The molecule has 0 saturated carbocycles. The second-order valence-corrected chi connectivity index (χ2v) is 6.78. The zero-order valence-electron chi connectivity index (χ0n) is 16.4. The lowest BCUT2D eigenvalue weighted by Crippen LogP contribution is -2.08. The van der Waals surface area contributed by atoms with Crippen LogP contribution in [0.3, 0.4) is 0 Å². The first-order chi connectivity index (χ1) is 15.0. The first kappa shape index (κ1) is 20.5. The predicted molar refractivity (Wildman–Crippen MR) is 107 cm³/mol. The number of hydrogen-bond acceptors (Lipinski definition) is 8. The van der Waals surface area contributed by atoms with Crippen LogP contribution in [0.15, 0.2) is 51.5 Å². The average Bonchev–Trinajstić information content (AvgIpc) is 3.39. The molecule has 8 nitrogen and oxygen atoms in total. The van der Waals surface area contributed by atoms with Crippen molar-refractivity contribution in [2.24, 2.45) is 0 Å². The van der Waals surface area contributed by atoms with Crippen LogP contribution in [0, 0.1) is 12.7 Å². The van der Waals surface area contributed by atoms with Crippen LogP contribution < -0.4 is 4.74 Å². The van der Waals surface area contributed by atoms with Gasteiger partial charge in [0.15, 0.2) is 6.61 Å². The van der Waals surface area contributed by atoms with Gasteiger partial charge in [0.05, 0.1) is 17.7 Å². The maximum Gasteiger partial charge on any atom is 0.344 e. The van der Waals surface area contributed by atoms with Crippen molar-refractivity contribution in [3.63, 3.8) is 0 Å². The van der Waals surface area contributed by atoms with E-state index in [1.54, 1.807) is 31.4 Å². The lowest BCUT2D eigenvalue weighted by molar-refractivity contribution is 0.0428. The maximum atomic E-state index is 14.3. The molecule has 0 N–H and O–H groups in total. The average molecular weight is 444 g/mol. The minimum Gasteiger partial charge on any atom is -0.497 e. The van der Waals surface area contributed by atoms with Crippen molar-refractivity contribution in [1.82, 2.24) is 15.3 Å². The van der Waals surface area contributed by atoms with Gasteiger partial charge in [-0.15, -0.1) is 0 Å². The second-order valence-electron chi connectivity index (χ2n) is 6.38. The molecule has 0 unspecified atom stereocenters. The largest absolute Gasteiger partial charge is 0.497 e. The Morgan fingerprint density at radius 1 is 1.13 bits per heavy atom. The van der Waals surface area contributed by atoms with E-state index in [0.717, 1.165) is 0 Å². The smallest absolute Gasteiger partial charge is 0.344 e. The maximum absolute atomic E-state index is 14.3. The van der Waals surface area contributed by atoms with E-state index in [0.29, 0.717) is 17.1 Å². The van der Waals surface area contributed by atoms with Crippen molar-refractivity contribution < 1.29 is 27.7 Å². The number of esters is 1. The number of aryl methyl sites for hydroxylation is 1. The quantitative estimate of drug-likeness (QED) is 0.389. The molecule has 31 heavy (non-hydrogen) atoms. The van der Waals surface area contributed by atoms with Crippen molar-refractivity contribution in [1.29, 1.82) is 0 Å². The van der Waals surface area contributed by atoms with Crippen molar-refractivity contribution in [2.45, 2.75) is 13.5 Å². The molecule has 0 aliphatic rings. The number of hydrogen-bond donors (Lipinski definition) is 0. The summed E-state index contributed by atoms with van der Waals surface area (Å²) in [5.74, 6) is -0.180. The van der Waals surface area contributed by atoms with Gasteiger partial charge in [0.1, 0.15) is 28.6 Å². The summed E-state index contributed by atoms with van der Waals surface area (Å²) in [6.45, 7) is 1.22. The number of ether oxygens (including phenoxy) is 2. The van der Waals surface area contributed by atoms with Crippen molar-refractivity contribution in [2.75, 3.05) is 7.11 Å². The molecule has 0 amide bonds. The van der Waals surface area contributed by atoms with Crippen molar-refractivity contribution in [3.05, 3.63) is 70.5 Å². The Morgan fingerprint density at radius 2 is 1.90 bits per heavy atom. The molecule has 2 heterocycles. The van der Waals surface area contributed by atoms with E-state index < -0.39 is 11.8 Å². The third-order valence-electron chi connectivity index (χ3n) is 4.41. The lowest BCUT2D eigenvalue weighted by Gasteiger charge is -2.05. The normalized spacial score (nSPS) is 10.8. The summed E-state index contributed by atoms with van der Waals surface area (Å²) in [7, 11) is 1.57. The SMILES string of the molecule is COc1ccc(-c2noc(COC(=O)c3c(-c4c(F)cccc4Cl)noc3C)n2)cc1. The van der Waals surface area contributed by atoms with Crippen LogP contribution in [0.25, 0.3) is 22.6 Å². The fourth-order valence-corrected chi connectivity index (χ4v) is 3.13. The van der Waals surface area contributed by atoms with Gasteiger partial charge in [-0.2, -0.15) is 4.98 Å². The van der Waals surface area contributed by atoms with Gasteiger partial charge in [0.2, 0.25) is 5.82 Å². The lowest BCUT2D eigenvalue weighted by atomic mass is 10.1. The Kier molecular flexibility index (Phi) is 5.68. The molecule has 0 saturated heterocycles. The van der Waals surface area contributed by atoms with Crippen molar-refractivity contribution >= 4 is 17.6 Å². The molecule has 0 bridgehead atoms. The number of carbonyl (C=O) groups excluding carboxylic acids is 1. The molecule has 10 heteroatoms. The van der Waals surface area contributed by atoms with Gasteiger partial charge in [-0.25, -0.2) is 9.18 Å². The summed E-state index contributed by atoms with van der Waals surface area (Å²) < 4.78 is 34.9. The highest BCUT2D eigenvalue weighted by atomic mass is 35.5. The fourth-order valence-electron chi connectivity index (χ4n) is 2.88. The monoisotopic (exact) mass is 443 g/mol. The van der Waals surface area contributed by atoms with Crippen LogP contribution in [-0.4, -0.2) is 28.4 Å². The predicted octanol–water partition coefficient (Wildman–Crippen LogP) is 4.86. The summed E-state index contributed by atoms with van der Waals surface area (Å²) in [6.07, 6.45) is 0. The number of aromatic nitrogens is 3. The topological polar surface area (TPSA) is 100 Å². The third-order valence-corrected chi connectivity index (χ3v) is 4.72. The molecule has 0 fully saturated rings. The molecule has 0 aliphatic heterocycles. The standard InChI is InChI=1S/C21H15ClFN3O5/c1-11-17(19(25-30-11)18-14(22)4-3-5-15(18)23)21(27)29-10-16-24-20(26-31-16)12-6-8-13(28-2)9-7-12/h3-9H,10H2,1-2H3. The van der Waals surface area contributed by atoms with Crippen molar-refractivity contribution in [3.8, 4) is 28.4 Å². The molecule has 0 radical (unpaired) electrons. The molecule has 0 spiro atoms. The van der Waals surface area contributed by atoms with Gasteiger partial charge in [-0.05, 0) is 43.3 Å². The van der Waals surface area contributed by atoms with Gasteiger partial charge in [0, 0.05) is 5.56 Å². The van der Waals surface area contributed by atoms with E-state index in [2.05, 4.69) is 15.3 Å². The van der Waals surface area contributed by atoms with Gasteiger partial charge >= 0.3 is 5.97 Å². The van der Waals surface area contributed by atoms with Gasteiger partial charge in [0.25, 0.3) is 5.89 Å².